The van der Waals surface area contributed by atoms with Gasteiger partial charge < -0.3 is 10.2 Å². The van der Waals surface area contributed by atoms with E-state index >= 15 is 0 Å². The van der Waals surface area contributed by atoms with Gasteiger partial charge in [-0.05, 0) is 48.9 Å². The molecule has 1 aliphatic heterocycles. The molecule has 1 amide bonds. The summed E-state index contributed by atoms with van der Waals surface area (Å²) in [6, 6.07) is 14.1. The van der Waals surface area contributed by atoms with Crippen molar-refractivity contribution in [1.29, 1.82) is 0 Å². The van der Waals surface area contributed by atoms with Gasteiger partial charge in [0.05, 0.1) is 30.4 Å². The summed E-state index contributed by atoms with van der Waals surface area (Å²) in [5.74, 6) is 2.79. The first-order valence-electron chi connectivity index (χ1n) is 10.5. The third-order valence-corrected chi connectivity index (χ3v) is 6.16. The van der Waals surface area contributed by atoms with Crippen molar-refractivity contribution in [2.75, 3.05) is 11.9 Å². The molecule has 3 aromatic rings. The number of nitrogens with one attached hydrogen (secondary N) is 1. The van der Waals surface area contributed by atoms with Crippen LogP contribution in [0.15, 0.2) is 53.3 Å². The maximum atomic E-state index is 13.4. The topological polar surface area (TPSA) is 67.2 Å². The van der Waals surface area contributed by atoms with Crippen LogP contribution in [0.5, 0.6) is 0 Å². The molecule has 0 saturated heterocycles. The van der Waals surface area contributed by atoms with Gasteiger partial charge in [0.15, 0.2) is 0 Å². The molecule has 1 atom stereocenters. The molecule has 1 N–H and O–H groups in total. The number of hydrogen-bond donors (Lipinski definition) is 1. The van der Waals surface area contributed by atoms with Crippen molar-refractivity contribution in [3.8, 4) is 12.3 Å². The van der Waals surface area contributed by atoms with Crippen molar-refractivity contribution in [2.24, 2.45) is 0 Å². The van der Waals surface area contributed by atoms with Gasteiger partial charge in [0, 0.05) is 28.6 Å². The largest absolute Gasteiger partial charge is 0.349 e. The Morgan fingerprint density at radius 1 is 1.15 bits per heavy atom. The van der Waals surface area contributed by atoms with Crippen molar-refractivity contribution in [3.63, 3.8) is 0 Å². The molecular weight excluding hydrogens is 459 g/mol. The van der Waals surface area contributed by atoms with Crippen LogP contribution in [-0.4, -0.2) is 26.9 Å². The Morgan fingerprint density at radius 2 is 1.79 bits per heavy atom. The molecule has 1 aromatic heterocycles. The van der Waals surface area contributed by atoms with Crippen molar-refractivity contribution >= 4 is 35.1 Å². The molecule has 0 spiro atoms. The quantitative estimate of drug-likeness (QED) is 0.543. The number of amides is 1. The molecule has 2 aromatic carbocycles. The summed E-state index contributed by atoms with van der Waals surface area (Å²) in [5.41, 5.74) is 2.45. The minimum Gasteiger partial charge on any atom is -0.349 e. The van der Waals surface area contributed by atoms with Crippen molar-refractivity contribution in [1.82, 2.24) is 14.5 Å². The molecule has 33 heavy (non-hydrogen) atoms. The molecule has 8 heteroatoms. The minimum absolute atomic E-state index is 0.0694. The Kier molecular flexibility index (Phi) is 6.73. The summed E-state index contributed by atoms with van der Waals surface area (Å²) in [6.45, 7) is 2.69. The summed E-state index contributed by atoms with van der Waals surface area (Å²) in [6.07, 6.45) is 6.02. The molecule has 0 saturated carbocycles. The monoisotopic (exact) mass is 480 g/mol. The highest BCUT2D eigenvalue weighted by atomic mass is 35.5. The molecule has 1 unspecified atom stereocenters. The van der Waals surface area contributed by atoms with E-state index in [1.807, 2.05) is 31.2 Å². The normalized spacial score (nSPS) is 13.7. The first-order chi connectivity index (χ1) is 15.9. The number of fused-ring (bicyclic) bond motifs is 1. The fourth-order valence-corrected chi connectivity index (χ4v) is 4.09. The van der Waals surface area contributed by atoms with Gasteiger partial charge in [-0.2, -0.15) is 0 Å². The molecule has 168 valence electrons. The molecule has 2 heterocycles. The van der Waals surface area contributed by atoms with E-state index in [0.717, 1.165) is 5.56 Å². The van der Waals surface area contributed by atoms with E-state index in [1.54, 1.807) is 29.2 Å². The highest BCUT2D eigenvalue weighted by Gasteiger charge is 2.27. The van der Waals surface area contributed by atoms with Gasteiger partial charge in [-0.25, -0.2) is 4.98 Å². The minimum atomic E-state index is -0.239. The van der Waals surface area contributed by atoms with Crippen LogP contribution in [0.3, 0.4) is 0 Å². The third kappa shape index (κ3) is 4.90. The number of anilines is 1. The molecule has 0 bridgehead atoms. The predicted molar refractivity (Wildman–Crippen MR) is 131 cm³/mol. The van der Waals surface area contributed by atoms with Gasteiger partial charge in [0.1, 0.15) is 0 Å². The Morgan fingerprint density at radius 3 is 2.42 bits per heavy atom. The van der Waals surface area contributed by atoms with Crippen LogP contribution in [0.25, 0.3) is 0 Å². The summed E-state index contributed by atoms with van der Waals surface area (Å²) in [5, 5.41) is 4.52. The predicted octanol–water partition coefficient (Wildman–Crippen LogP) is 4.55. The number of nitrogens with zero attached hydrogens (tertiary/aromatic N) is 3. The molecule has 0 aliphatic carbocycles. The van der Waals surface area contributed by atoms with E-state index in [9.17, 15) is 9.59 Å². The lowest BCUT2D eigenvalue weighted by Gasteiger charge is -2.29. The number of carbonyl (C=O) groups is 1. The van der Waals surface area contributed by atoms with Crippen molar-refractivity contribution in [3.05, 3.63) is 91.3 Å². The zero-order valence-corrected chi connectivity index (χ0v) is 19.5. The van der Waals surface area contributed by atoms with Crippen LogP contribution in [0, 0.1) is 12.3 Å². The molecule has 6 nitrogen and oxygen atoms in total. The number of carbonyl (C=O) groups excluding carboxylic acids is 1. The van der Waals surface area contributed by atoms with E-state index < -0.39 is 0 Å². The van der Waals surface area contributed by atoms with E-state index in [4.69, 9.17) is 34.6 Å². The number of terminal acetylenes is 1. The van der Waals surface area contributed by atoms with E-state index in [1.165, 1.54) is 4.57 Å². The molecule has 0 fully saturated rings. The number of halogens is 2. The van der Waals surface area contributed by atoms with Crippen molar-refractivity contribution in [2.45, 2.75) is 32.5 Å². The van der Waals surface area contributed by atoms with E-state index in [2.05, 4.69) is 11.2 Å². The number of rotatable bonds is 5. The zero-order chi connectivity index (χ0) is 23.5. The van der Waals surface area contributed by atoms with E-state index in [-0.39, 0.29) is 30.6 Å². The van der Waals surface area contributed by atoms with Crippen LogP contribution in [-0.2, 0) is 19.5 Å². The highest BCUT2D eigenvalue weighted by molar-refractivity contribution is 6.30. The van der Waals surface area contributed by atoms with Crippen LogP contribution < -0.4 is 10.9 Å². The zero-order valence-electron chi connectivity index (χ0n) is 18.0. The second kappa shape index (κ2) is 9.70. The fourth-order valence-electron chi connectivity index (χ4n) is 3.84. The number of aromatic nitrogens is 2. The van der Waals surface area contributed by atoms with Crippen LogP contribution >= 0.6 is 23.2 Å². The first-order valence-corrected chi connectivity index (χ1v) is 11.3. The van der Waals surface area contributed by atoms with Gasteiger partial charge >= 0.3 is 0 Å². The Balaban J connectivity index is 1.63. The second-order valence-corrected chi connectivity index (χ2v) is 8.73. The fraction of sp³-hybridized carbons (Fsp3) is 0.240. The molecular formula is C25H22Cl2N4O2. The molecule has 4 rings (SSSR count). The summed E-state index contributed by atoms with van der Waals surface area (Å²) in [4.78, 5) is 32.7. The lowest BCUT2D eigenvalue weighted by molar-refractivity contribution is 0.0732. The number of hydrogen-bond acceptors (Lipinski definition) is 4. The highest BCUT2D eigenvalue weighted by Crippen LogP contribution is 2.23. The maximum absolute atomic E-state index is 13.4. The lowest BCUT2D eigenvalue weighted by Crippen LogP contribution is -2.41. The van der Waals surface area contributed by atoms with Crippen LogP contribution in [0.4, 0.5) is 5.95 Å². The van der Waals surface area contributed by atoms with Gasteiger partial charge in [-0.3, -0.25) is 14.2 Å². The Hall–Kier alpha value is -3.27. The maximum Gasteiger partial charge on any atom is 0.261 e. The second-order valence-electron chi connectivity index (χ2n) is 7.86. The SMILES string of the molecule is C#CCn1c(NC(C)c2ccc(Cl)cc2)nc2c(c1=O)CN(C(=O)c1ccc(Cl)cc1)CC2. The molecule has 1 aliphatic rings. The smallest absolute Gasteiger partial charge is 0.261 e. The Bertz CT molecular complexity index is 1280. The summed E-state index contributed by atoms with van der Waals surface area (Å²) in [7, 11) is 0. The van der Waals surface area contributed by atoms with Gasteiger partial charge in [-0.1, -0.05) is 41.3 Å². The standard InChI is InChI=1S/C25H22Cl2N4O2/c1-3-13-31-24(33)21-15-30(23(32)18-6-10-20(27)11-7-18)14-12-22(21)29-25(31)28-16(2)17-4-8-19(26)9-5-17/h1,4-11,16H,12-15H2,2H3,(H,28,29). The summed E-state index contributed by atoms with van der Waals surface area (Å²) >= 11 is 11.9. The van der Waals surface area contributed by atoms with E-state index in [0.29, 0.717) is 45.8 Å². The summed E-state index contributed by atoms with van der Waals surface area (Å²) < 4.78 is 1.45. The number of benzene rings is 2. The van der Waals surface area contributed by atoms with Gasteiger partial charge in [0.25, 0.3) is 11.5 Å². The van der Waals surface area contributed by atoms with Gasteiger partial charge in [-0.15, -0.1) is 6.42 Å². The molecule has 0 radical (unpaired) electrons. The Labute approximate surface area is 202 Å². The van der Waals surface area contributed by atoms with Crippen LogP contribution in [0.2, 0.25) is 10.0 Å². The first kappa shape index (κ1) is 22.9. The van der Waals surface area contributed by atoms with Crippen LogP contribution in [0.1, 0.15) is 40.1 Å². The third-order valence-electron chi connectivity index (χ3n) is 5.66. The van der Waals surface area contributed by atoms with Crippen molar-refractivity contribution < 1.29 is 4.79 Å². The lowest BCUT2D eigenvalue weighted by atomic mass is 10.1. The average molecular weight is 481 g/mol. The van der Waals surface area contributed by atoms with Gasteiger partial charge in [0.2, 0.25) is 5.95 Å². The average Bonchev–Trinajstić information content (AvgIpc) is 2.82.